The first kappa shape index (κ1) is 17.4. The van der Waals surface area contributed by atoms with Gasteiger partial charge in [-0.15, -0.1) is 0 Å². The molecule has 6 heteroatoms. The molecular formula is C19H20F2N2O2. The second-order valence-corrected chi connectivity index (χ2v) is 5.87. The monoisotopic (exact) mass is 346 g/mol. The molecule has 25 heavy (non-hydrogen) atoms. The number of ether oxygens (including phenoxy) is 2. The second kappa shape index (κ2) is 7.19. The zero-order chi connectivity index (χ0) is 18.0. The highest BCUT2D eigenvalue weighted by Gasteiger charge is 2.16. The fourth-order valence-corrected chi connectivity index (χ4v) is 2.97. The van der Waals surface area contributed by atoms with Gasteiger partial charge in [0.2, 0.25) is 0 Å². The number of nitrogens with zero attached hydrogens (tertiary/aromatic N) is 2. The SMILES string of the molecule is COCCn1c(C)c(C)c2ccnc(COc3ccc(F)cc3F)c21. The number of fused-ring (bicyclic) bond motifs is 1. The molecule has 0 atom stereocenters. The fraction of sp³-hybridized carbons (Fsp3) is 0.316. The number of aromatic nitrogens is 2. The van der Waals surface area contributed by atoms with Crippen LogP contribution in [-0.2, 0) is 17.9 Å². The van der Waals surface area contributed by atoms with Crippen LogP contribution in [0.2, 0.25) is 0 Å². The molecule has 3 rings (SSSR count). The molecule has 0 aliphatic rings. The van der Waals surface area contributed by atoms with Crippen molar-refractivity contribution in [2.24, 2.45) is 0 Å². The Labute approximate surface area is 145 Å². The summed E-state index contributed by atoms with van der Waals surface area (Å²) in [6.45, 7) is 5.47. The van der Waals surface area contributed by atoms with Gasteiger partial charge in [0.1, 0.15) is 18.1 Å². The highest BCUT2D eigenvalue weighted by Crippen LogP contribution is 2.28. The van der Waals surface area contributed by atoms with Gasteiger partial charge in [0.15, 0.2) is 11.6 Å². The molecule has 0 amide bonds. The number of methoxy groups -OCH3 is 1. The largest absolute Gasteiger partial charge is 0.484 e. The molecule has 0 aliphatic carbocycles. The molecule has 0 saturated carbocycles. The Morgan fingerprint density at radius 2 is 1.96 bits per heavy atom. The van der Waals surface area contributed by atoms with Crippen LogP contribution in [0.25, 0.3) is 10.9 Å². The van der Waals surface area contributed by atoms with E-state index in [9.17, 15) is 8.78 Å². The summed E-state index contributed by atoms with van der Waals surface area (Å²) < 4.78 is 39.7. The van der Waals surface area contributed by atoms with Crippen LogP contribution >= 0.6 is 0 Å². The molecular weight excluding hydrogens is 326 g/mol. The number of hydrogen-bond acceptors (Lipinski definition) is 3. The van der Waals surface area contributed by atoms with E-state index in [2.05, 4.69) is 23.4 Å². The van der Waals surface area contributed by atoms with E-state index in [-0.39, 0.29) is 12.4 Å². The second-order valence-electron chi connectivity index (χ2n) is 5.87. The van der Waals surface area contributed by atoms with Crippen LogP contribution in [0.3, 0.4) is 0 Å². The third-order valence-electron chi connectivity index (χ3n) is 4.40. The van der Waals surface area contributed by atoms with Crippen molar-refractivity contribution >= 4 is 10.9 Å². The molecule has 1 aromatic carbocycles. The van der Waals surface area contributed by atoms with Crippen molar-refractivity contribution in [2.75, 3.05) is 13.7 Å². The molecule has 4 nitrogen and oxygen atoms in total. The van der Waals surface area contributed by atoms with Gasteiger partial charge < -0.3 is 14.0 Å². The number of rotatable bonds is 6. The van der Waals surface area contributed by atoms with E-state index in [4.69, 9.17) is 9.47 Å². The quantitative estimate of drug-likeness (QED) is 0.672. The molecule has 132 valence electrons. The van der Waals surface area contributed by atoms with Crippen molar-refractivity contribution in [2.45, 2.75) is 27.0 Å². The summed E-state index contributed by atoms with van der Waals surface area (Å²) in [7, 11) is 1.66. The van der Waals surface area contributed by atoms with Gasteiger partial charge in [0.05, 0.1) is 12.1 Å². The summed E-state index contributed by atoms with van der Waals surface area (Å²) >= 11 is 0. The van der Waals surface area contributed by atoms with Gasteiger partial charge >= 0.3 is 0 Å². The van der Waals surface area contributed by atoms with E-state index in [1.54, 1.807) is 13.3 Å². The highest BCUT2D eigenvalue weighted by atomic mass is 19.1. The van der Waals surface area contributed by atoms with Crippen LogP contribution in [-0.4, -0.2) is 23.3 Å². The number of pyridine rings is 1. The molecule has 3 aromatic rings. The van der Waals surface area contributed by atoms with Gasteiger partial charge in [-0.2, -0.15) is 0 Å². The minimum atomic E-state index is -0.727. The Morgan fingerprint density at radius 1 is 1.16 bits per heavy atom. The Kier molecular flexibility index (Phi) is 4.99. The van der Waals surface area contributed by atoms with Crippen LogP contribution in [0.1, 0.15) is 17.0 Å². The van der Waals surface area contributed by atoms with Gasteiger partial charge in [0.25, 0.3) is 0 Å². The normalized spacial score (nSPS) is 11.2. The summed E-state index contributed by atoms with van der Waals surface area (Å²) in [6.07, 6.45) is 1.72. The number of aryl methyl sites for hydroxylation is 1. The van der Waals surface area contributed by atoms with Crippen molar-refractivity contribution in [1.29, 1.82) is 0 Å². The van der Waals surface area contributed by atoms with Crippen LogP contribution in [0, 0.1) is 25.5 Å². The topological polar surface area (TPSA) is 36.3 Å². The zero-order valence-corrected chi connectivity index (χ0v) is 14.5. The Bertz CT molecular complexity index is 906. The van der Waals surface area contributed by atoms with E-state index in [1.807, 2.05) is 6.07 Å². The lowest BCUT2D eigenvalue weighted by molar-refractivity contribution is 0.187. The van der Waals surface area contributed by atoms with Crippen LogP contribution in [0.15, 0.2) is 30.5 Å². The maximum atomic E-state index is 13.8. The van der Waals surface area contributed by atoms with Crippen molar-refractivity contribution < 1.29 is 18.3 Å². The van der Waals surface area contributed by atoms with E-state index < -0.39 is 11.6 Å². The molecule has 0 fully saturated rings. The summed E-state index contributed by atoms with van der Waals surface area (Å²) in [5.74, 6) is -1.36. The smallest absolute Gasteiger partial charge is 0.167 e. The standard InChI is InChI=1S/C19H20F2N2O2/c1-12-13(2)23(8-9-24-3)19-15(12)6-7-22-17(19)11-25-18-5-4-14(20)10-16(18)21/h4-7,10H,8-9,11H2,1-3H3. The van der Waals surface area contributed by atoms with Gasteiger partial charge in [0, 0.05) is 37.0 Å². The first-order chi connectivity index (χ1) is 12.0. The molecule has 0 bridgehead atoms. The van der Waals surface area contributed by atoms with Gasteiger partial charge in [-0.3, -0.25) is 4.98 Å². The first-order valence-electron chi connectivity index (χ1n) is 8.03. The molecule has 2 heterocycles. The maximum absolute atomic E-state index is 13.8. The Morgan fingerprint density at radius 3 is 2.68 bits per heavy atom. The molecule has 0 N–H and O–H groups in total. The van der Waals surface area contributed by atoms with Crippen molar-refractivity contribution in [3.05, 3.63) is 59.0 Å². The average molecular weight is 346 g/mol. The molecule has 0 aliphatic heterocycles. The van der Waals surface area contributed by atoms with E-state index >= 15 is 0 Å². The number of benzene rings is 1. The lowest BCUT2D eigenvalue weighted by Crippen LogP contribution is -2.09. The van der Waals surface area contributed by atoms with Gasteiger partial charge in [-0.1, -0.05) is 0 Å². The summed E-state index contributed by atoms with van der Waals surface area (Å²) in [5, 5.41) is 1.08. The summed E-state index contributed by atoms with van der Waals surface area (Å²) in [5.41, 5.74) is 3.96. The first-order valence-corrected chi connectivity index (χ1v) is 8.03. The van der Waals surface area contributed by atoms with Crippen LogP contribution < -0.4 is 4.74 Å². The number of halogens is 2. The van der Waals surface area contributed by atoms with Crippen molar-refractivity contribution in [1.82, 2.24) is 9.55 Å². The number of hydrogen-bond donors (Lipinski definition) is 0. The molecule has 2 aromatic heterocycles. The molecule has 0 radical (unpaired) electrons. The predicted molar refractivity (Wildman–Crippen MR) is 91.8 cm³/mol. The molecule has 0 unspecified atom stereocenters. The van der Waals surface area contributed by atoms with Gasteiger partial charge in [-0.05, 0) is 37.6 Å². The maximum Gasteiger partial charge on any atom is 0.167 e. The predicted octanol–water partition coefficient (Wildman–Crippen LogP) is 4.16. The summed E-state index contributed by atoms with van der Waals surface area (Å²) in [4.78, 5) is 4.41. The fourth-order valence-electron chi connectivity index (χ4n) is 2.97. The third kappa shape index (κ3) is 3.35. The van der Waals surface area contributed by atoms with E-state index in [0.29, 0.717) is 18.8 Å². The average Bonchev–Trinajstić information content (AvgIpc) is 2.84. The minimum Gasteiger partial charge on any atom is -0.484 e. The van der Waals surface area contributed by atoms with Crippen molar-refractivity contribution in [3.8, 4) is 5.75 Å². The lowest BCUT2D eigenvalue weighted by Gasteiger charge is -2.12. The van der Waals surface area contributed by atoms with Crippen molar-refractivity contribution in [3.63, 3.8) is 0 Å². The molecule has 0 saturated heterocycles. The van der Waals surface area contributed by atoms with Crippen LogP contribution in [0.5, 0.6) is 5.75 Å². The summed E-state index contributed by atoms with van der Waals surface area (Å²) in [6, 6.07) is 5.22. The molecule has 0 spiro atoms. The Hall–Kier alpha value is -2.47. The lowest BCUT2D eigenvalue weighted by atomic mass is 10.2. The minimum absolute atomic E-state index is 0.00337. The zero-order valence-electron chi connectivity index (χ0n) is 14.5. The van der Waals surface area contributed by atoms with Crippen LogP contribution in [0.4, 0.5) is 8.78 Å². The van der Waals surface area contributed by atoms with E-state index in [0.717, 1.165) is 22.7 Å². The van der Waals surface area contributed by atoms with E-state index in [1.165, 1.54) is 17.7 Å². The van der Waals surface area contributed by atoms with Gasteiger partial charge in [-0.25, -0.2) is 8.78 Å². The highest BCUT2D eigenvalue weighted by molar-refractivity contribution is 5.86. The third-order valence-corrected chi connectivity index (χ3v) is 4.40. The Balaban J connectivity index is 1.97.